The second-order valence-electron chi connectivity index (χ2n) is 3.43. The number of esters is 1. The van der Waals surface area contributed by atoms with Crippen LogP contribution < -0.4 is 5.73 Å². The minimum absolute atomic E-state index is 0.110. The summed E-state index contributed by atoms with van der Waals surface area (Å²) in [5.41, 5.74) is 5.66. The summed E-state index contributed by atoms with van der Waals surface area (Å²) in [6.45, 7) is 1.79. The van der Waals surface area contributed by atoms with E-state index in [1.54, 1.807) is 6.92 Å². The summed E-state index contributed by atoms with van der Waals surface area (Å²) in [7, 11) is 0. The zero-order valence-corrected chi connectivity index (χ0v) is 11.3. The van der Waals surface area contributed by atoms with Crippen LogP contribution in [0.3, 0.4) is 0 Å². The van der Waals surface area contributed by atoms with Gasteiger partial charge in [-0.1, -0.05) is 0 Å². The lowest BCUT2D eigenvalue weighted by Crippen LogP contribution is -2.15. The second-order valence-corrected chi connectivity index (χ2v) is 4.29. The number of alkyl halides is 2. The Bertz CT molecular complexity index is 441. The molecular weight excluding hydrogens is 310 g/mol. The van der Waals surface area contributed by atoms with E-state index in [0.29, 0.717) is 0 Å². The van der Waals surface area contributed by atoms with Crippen LogP contribution in [0.2, 0.25) is 0 Å². The van der Waals surface area contributed by atoms with Gasteiger partial charge in [-0.15, -0.1) is 0 Å². The number of hydrogen-bond donors (Lipinski definition) is 1. The van der Waals surface area contributed by atoms with Crippen molar-refractivity contribution in [2.24, 2.45) is 5.73 Å². The Hall–Kier alpha value is -1.08. The van der Waals surface area contributed by atoms with E-state index in [1.165, 1.54) is 6.20 Å². The molecule has 0 saturated carbocycles. The normalized spacial score (nSPS) is 10.8. The Morgan fingerprint density at radius 3 is 2.78 bits per heavy atom. The van der Waals surface area contributed by atoms with Crippen LogP contribution >= 0.6 is 15.9 Å². The molecule has 18 heavy (non-hydrogen) atoms. The van der Waals surface area contributed by atoms with E-state index in [9.17, 15) is 13.6 Å². The Morgan fingerprint density at radius 2 is 2.28 bits per heavy atom. The first kappa shape index (κ1) is 15.0. The lowest BCUT2D eigenvalue weighted by molar-refractivity contribution is -0.142. The SMILES string of the molecule is CCOC(=O)Cc1ncc(Br)c(C(F)F)c1CN. The quantitative estimate of drug-likeness (QED) is 0.845. The van der Waals surface area contributed by atoms with Gasteiger partial charge >= 0.3 is 5.97 Å². The third-order valence-electron chi connectivity index (χ3n) is 2.30. The van der Waals surface area contributed by atoms with E-state index in [-0.39, 0.29) is 40.9 Å². The standard InChI is InChI=1S/C11H13BrF2N2O2/c1-2-18-9(17)3-8-6(4-15)10(11(13)14)7(12)5-16-8/h5,11H,2-4,15H2,1H3. The van der Waals surface area contributed by atoms with Crippen LogP contribution in [0, 0.1) is 0 Å². The summed E-state index contributed by atoms with van der Waals surface area (Å²) in [4.78, 5) is 15.3. The summed E-state index contributed by atoms with van der Waals surface area (Å²) in [5.74, 6) is -0.512. The molecule has 0 aliphatic carbocycles. The van der Waals surface area contributed by atoms with Crippen molar-refractivity contribution in [3.63, 3.8) is 0 Å². The third kappa shape index (κ3) is 3.46. The topological polar surface area (TPSA) is 65.2 Å². The van der Waals surface area contributed by atoms with Crippen molar-refractivity contribution in [2.45, 2.75) is 26.3 Å². The molecule has 100 valence electrons. The van der Waals surface area contributed by atoms with Crippen molar-refractivity contribution >= 4 is 21.9 Å². The van der Waals surface area contributed by atoms with Crippen LogP contribution in [0.1, 0.15) is 30.2 Å². The summed E-state index contributed by atoms with van der Waals surface area (Å²) in [6, 6.07) is 0. The van der Waals surface area contributed by atoms with Gasteiger partial charge in [0.25, 0.3) is 6.43 Å². The molecule has 0 radical (unpaired) electrons. The van der Waals surface area contributed by atoms with Crippen molar-refractivity contribution in [2.75, 3.05) is 6.61 Å². The average Bonchev–Trinajstić information content (AvgIpc) is 2.30. The molecule has 1 rings (SSSR count). The number of aromatic nitrogens is 1. The van der Waals surface area contributed by atoms with E-state index in [2.05, 4.69) is 20.9 Å². The fraction of sp³-hybridized carbons (Fsp3) is 0.455. The number of hydrogen-bond acceptors (Lipinski definition) is 4. The van der Waals surface area contributed by atoms with Crippen molar-refractivity contribution in [1.82, 2.24) is 4.98 Å². The van der Waals surface area contributed by atoms with Gasteiger partial charge < -0.3 is 10.5 Å². The van der Waals surface area contributed by atoms with Gasteiger partial charge in [-0.3, -0.25) is 9.78 Å². The van der Waals surface area contributed by atoms with Crippen molar-refractivity contribution in [3.05, 3.63) is 27.5 Å². The number of halogens is 3. The molecule has 0 aromatic carbocycles. The highest BCUT2D eigenvalue weighted by Gasteiger charge is 2.21. The van der Waals surface area contributed by atoms with Crippen molar-refractivity contribution < 1.29 is 18.3 Å². The highest BCUT2D eigenvalue weighted by Crippen LogP contribution is 2.31. The Morgan fingerprint density at radius 1 is 1.61 bits per heavy atom. The van der Waals surface area contributed by atoms with Crippen LogP contribution in [-0.2, 0) is 22.5 Å². The molecule has 7 heteroatoms. The number of carbonyl (C=O) groups excluding carboxylic acids is 1. The first-order chi connectivity index (χ1) is 8.51. The van der Waals surface area contributed by atoms with E-state index in [4.69, 9.17) is 10.5 Å². The molecule has 0 bridgehead atoms. The van der Waals surface area contributed by atoms with E-state index >= 15 is 0 Å². The molecule has 1 aromatic heterocycles. The summed E-state index contributed by atoms with van der Waals surface area (Å²) >= 11 is 3.01. The first-order valence-electron chi connectivity index (χ1n) is 5.31. The number of nitrogens with two attached hydrogens (primary N) is 1. The number of rotatable bonds is 5. The molecule has 0 unspecified atom stereocenters. The Labute approximate surface area is 112 Å². The molecule has 0 atom stereocenters. The fourth-order valence-corrected chi connectivity index (χ4v) is 2.06. The Balaban J connectivity index is 3.13. The second kappa shape index (κ2) is 6.75. The van der Waals surface area contributed by atoms with Gasteiger partial charge in [-0.05, 0) is 28.4 Å². The number of nitrogens with zero attached hydrogens (tertiary/aromatic N) is 1. The maximum absolute atomic E-state index is 12.9. The van der Waals surface area contributed by atoms with Crippen molar-refractivity contribution in [3.8, 4) is 0 Å². The molecule has 0 saturated heterocycles. The predicted octanol–water partition coefficient (Wildman–Crippen LogP) is 2.35. The van der Waals surface area contributed by atoms with Gasteiger partial charge in [0.1, 0.15) is 0 Å². The molecular formula is C11H13BrF2N2O2. The minimum Gasteiger partial charge on any atom is -0.466 e. The number of carbonyl (C=O) groups is 1. The average molecular weight is 323 g/mol. The van der Waals surface area contributed by atoms with Crippen LogP contribution in [0.4, 0.5) is 8.78 Å². The summed E-state index contributed by atoms with van der Waals surface area (Å²) in [5, 5.41) is 0. The van der Waals surface area contributed by atoms with Crippen LogP contribution in [0.5, 0.6) is 0 Å². The molecule has 0 amide bonds. The third-order valence-corrected chi connectivity index (χ3v) is 2.94. The van der Waals surface area contributed by atoms with Gasteiger partial charge in [0, 0.05) is 22.8 Å². The fourth-order valence-electron chi connectivity index (χ4n) is 1.55. The highest BCUT2D eigenvalue weighted by atomic mass is 79.9. The van der Waals surface area contributed by atoms with Crippen LogP contribution in [0.15, 0.2) is 10.7 Å². The molecule has 0 spiro atoms. The molecule has 0 aliphatic heterocycles. The maximum atomic E-state index is 12.9. The van der Waals surface area contributed by atoms with E-state index < -0.39 is 12.4 Å². The Kier molecular flexibility index (Phi) is 5.61. The predicted molar refractivity (Wildman–Crippen MR) is 65.1 cm³/mol. The lowest BCUT2D eigenvalue weighted by atomic mass is 10.0. The monoisotopic (exact) mass is 322 g/mol. The van der Waals surface area contributed by atoms with Gasteiger partial charge in [-0.2, -0.15) is 0 Å². The van der Waals surface area contributed by atoms with Crippen LogP contribution in [0.25, 0.3) is 0 Å². The van der Waals surface area contributed by atoms with Gasteiger partial charge in [0.15, 0.2) is 0 Å². The molecule has 0 fully saturated rings. The number of pyridine rings is 1. The van der Waals surface area contributed by atoms with E-state index in [1.807, 2.05) is 0 Å². The summed E-state index contributed by atoms with van der Waals surface area (Å²) in [6.07, 6.45) is -1.59. The summed E-state index contributed by atoms with van der Waals surface area (Å²) < 4.78 is 30.8. The highest BCUT2D eigenvalue weighted by molar-refractivity contribution is 9.10. The molecule has 4 nitrogen and oxygen atoms in total. The maximum Gasteiger partial charge on any atom is 0.311 e. The van der Waals surface area contributed by atoms with Gasteiger partial charge in [0.05, 0.1) is 18.7 Å². The molecule has 2 N–H and O–H groups in total. The minimum atomic E-state index is -2.68. The van der Waals surface area contributed by atoms with Gasteiger partial charge in [0.2, 0.25) is 0 Å². The van der Waals surface area contributed by atoms with Gasteiger partial charge in [-0.25, -0.2) is 8.78 Å². The smallest absolute Gasteiger partial charge is 0.311 e. The molecule has 1 aromatic rings. The lowest BCUT2D eigenvalue weighted by Gasteiger charge is -2.13. The van der Waals surface area contributed by atoms with E-state index in [0.717, 1.165) is 0 Å². The molecule has 0 aliphatic rings. The number of ether oxygens (including phenoxy) is 1. The van der Waals surface area contributed by atoms with Crippen molar-refractivity contribution in [1.29, 1.82) is 0 Å². The van der Waals surface area contributed by atoms with Crippen LogP contribution in [-0.4, -0.2) is 17.6 Å². The largest absolute Gasteiger partial charge is 0.466 e. The molecule has 1 heterocycles. The zero-order chi connectivity index (χ0) is 13.7. The zero-order valence-electron chi connectivity index (χ0n) is 9.75. The first-order valence-corrected chi connectivity index (χ1v) is 6.10.